The molecule has 3 heterocycles. The minimum absolute atomic E-state index is 0.150. The van der Waals surface area contributed by atoms with Crippen LogP contribution in [-0.2, 0) is 20.1 Å². The van der Waals surface area contributed by atoms with Crippen molar-refractivity contribution in [3.8, 4) is 11.5 Å². The lowest BCUT2D eigenvalue weighted by molar-refractivity contribution is 0.133. The molecule has 0 saturated carbocycles. The van der Waals surface area contributed by atoms with Crippen molar-refractivity contribution in [2.24, 2.45) is 7.05 Å². The van der Waals surface area contributed by atoms with Gasteiger partial charge in [-0.15, -0.1) is 10.2 Å². The van der Waals surface area contributed by atoms with E-state index in [4.69, 9.17) is 13.9 Å². The summed E-state index contributed by atoms with van der Waals surface area (Å²) in [4.78, 5) is 2.36. The van der Waals surface area contributed by atoms with Gasteiger partial charge in [-0.2, -0.15) is 0 Å². The Morgan fingerprint density at radius 2 is 2.18 bits per heavy atom. The van der Waals surface area contributed by atoms with Gasteiger partial charge in [0.15, 0.2) is 10.2 Å². The van der Waals surface area contributed by atoms with Gasteiger partial charge in [0.05, 0.1) is 13.7 Å². The third-order valence-electron chi connectivity index (χ3n) is 4.75. The van der Waals surface area contributed by atoms with Gasteiger partial charge in [0.1, 0.15) is 29.7 Å². The molecule has 0 N–H and O–H groups in total. The first-order valence-electron chi connectivity index (χ1n) is 9.31. The maximum atomic E-state index is 6.21. The number of aromatic nitrogens is 3. The van der Waals surface area contributed by atoms with Gasteiger partial charge in [-0.1, -0.05) is 6.92 Å². The van der Waals surface area contributed by atoms with Gasteiger partial charge in [0.25, 0.3) is 0 Å². The second-order valence-corrected chi connectivity index (χ2v) is 7.81. The third-order valence-corrected chi connectivity index (χ3v) is 5.72. The molecule has 0 unspecified atom stereocenters. The minimum Gasteiger partial charge on any atom is -0.497 e. The van der Waals surface area contributed by atoms with Crippen LogP contribution >= 0.6 is 11.8 Å². The number of aryl methyl sites for hydroxylation is 1. The van der Waals surface area contributed by atoms with E-state index in [1.807, 2.05) is 35.9 Å². The number of methoxy groups -OCH3 is 1. The number of ether oxygens (including phenoxy) is 2. The van der Waals surface area contributed by atoms with Crippen molar-refractivity contribution in [1.29, 1.82) is 0 Å². The molecule has 3 aromatic rings. The minimum atomic E-state index is 0.150. The SMILES string of the molecule is CC[C@@H]1CN(Cc2ccc(Sc3nncn3C)o2)Cc2cc(OC)ccc2O1. The van der Waals surface area contributed by atoms with Crippen LogP contribution < -0.4 is 9.47 Å². The number of hydrogen-bond donors (Lipinski definition) is 0. The Balaban J connectivity index is 1.49. The van der Waals surface area contributed by atoms with Crippen LogP contribution in [0.1, 0.15) is 24.7 Å². The van der Waals surface area contributed by atoms with Crippen LogP contribution in [0.15, 0.2) is 51.3 Å². The van der Waals surface area contributed by atoms with E-state index < -0.39 is 0 Å². The monoisotopic (exact) mass is 400 g/mol. The normalized spacial score (nSPS) is 17.0. The van der Waals surface area contributed by atoms with Crippen LogP contribution in [-0.4, -0.2) is 39.4 Å². The number of nitrogens with zero attached hydrogens (tertiary/aromatic N) is 4. The van der Waals surface area contributed by atoms with Crippen LogP contribution in [0.4, 0.5) is 0 Å². The van der Waals surface area contributed by atoms with Crippen molar-refractivity contribution in [1.82, 2.24) is 19.7 Å². The largest absolute Gasteiger partial charge is 0.497 e. The second kappa shape index (κ2) is 8.28. The van der Waals surface area contributed by atoms with Crippen LogP contribution in [0, 0.1) is 0 Å². The summed E-state index contributed by atoms with van der Waals surface area (Å²) in [6.45, 7) is 4.51. The average molecular weight is 401 g/mol. The number of fused-ring (bicyclic) bond motifs is 1. The summed E-state index contributed by atoms with van der Waals surface area (Å²) >= 11 is 1.47. The summed E-state index contributed by atoms with van der Waals surface area (Å²) < 4.78 is 19.5. The average Bonchev–Trinajstić information content (AvgIpc) is 3.26. The maximum Gasteiger partial charge on any atom is 0.198 e. The summed E-state index contributed by atoms with van der Waals surface area (Å²) in [6.07, 6.45) is 2.78. The number of benzene rings is 1. The lowest BCUT2D eigenvalue weighted by Gasteiger charge is -2.22. The summed E-state index contributed by atoms with van der Waals surface area (Å²) in [7, 11) is 3.60. The standard InChI is InChI=1S/C20H24N4O3S/c1-4-15-11-24(10-14-9-16(25-3)5-7-18(14)26-15)12-17-6-8-19(27-17)28-20-22-21-13-23(20)2/h5-9,13,15H,4,10-12H2,1-3H3/t15-/m1/s1. The molecule has 1 aromatic carbocycles. The summed E-state index contributed by atoms with van der Waals surface area (Å²) in [5.41, 5.74) is 1.13. The predicted octanol–water partition coefficient (Wildman–Crippen LogP) is 3.74. The summed E-state index contributed by atoms with van der Waals surface area (Å²) in [5, 5.41) is 9.60. The molecule has 0 aliphatic carbocycles. The molecular formula is C20H24N4O3S. The first kappa shape index (κ1) is 18.9. The van der Waals surface area contributed by atoms with Crippen LogP contribution in [0.3, 0.4) is 0 Å². The molecule has 1 aliphatic rings. The van der Waals surface area contributed by atoms with Crippen molar-refractivity contribution in [3.63, 3.8) is 0 Å². The molecule has 0 spiro atoms. The van der Waals surface area contributed by atoms with E-state index in [0.29, 0.717) is 0 Å². The number of furan rings is 1. The highest BCUT2D eigenvalue weighted by molar-refractivity contribution is 7.99. The van der Waals surface area contributed by atoms with E-state index in [1.165, 1.54) is 11.8 Å². The molecule has 1 aliphatic heterocycles. The van der Waals surface area contributed by atoms with Gasteiger partial charge in [0.2, 0.25) is 0 Å². The lowest BCUT2D eigenvalue weighted by atomic mass is 10.1. The Hall–Kier alpha value is -2.45. The van der Waals surface area contributed by atoms with E-state index in [0.717, 1.165) is 59.1 Å². The van der Waals surface area contributed by atoms with Gasteiger partial charge in [-0.05, 0) is 48.5 Å². The van der Waals surface area contributed by atoms with E-state index in [1.54, 1.807) is 13.4 Å². The lowest BCUT2D eigenvalue weighted by Crippen LogP contribution is -2.31. The van der Waals surface area contributed by atoms with E-state index >= 15 is 0 Å². The van der Waals surface area contributed by atoms with Gasteiger partial charge in [-0.25, -0.2) is 0 Å². The molecule has 28 heavy (non-hydrogen) atoms. The van der Waals surface area contributed by atoms with Crippen molar-refractivity contribution >= 4 is 11.8 Å². The first-order valence-corrected chi connectivity index (χ1v) is 10.1. The van der Waals surface area contributed by atoms with Gasteiger partial charge in [0, 0.05) is 25.7 Å². The maximum absolute atomic E-state index is 6.21. The molecule has 0 radical (unpaired) electrons. The highest BCUT2D eigenvalue weighted by Crippen LogP contribution is 2.31. The Morgan fingerprint density at radius 3 is 2.93 bits per heavy atom. The number of hydrogen-bond acceptors (Lipinski definition) is 7. The molecule has 8 heteroatoms. The van der Waals surface area contributed by atoms with Crippen LogP contribution in [0.2, 0.25) is 0 Å². The molecule has 7 nitrogen and oxygen atoms in total. The van der Waals surface area contributed by atoms with Crippen molar-refractivity contribution in [2.75, 3.05) is 13.7 Å². The summed E-state index contributed by atoms with van der Waals surface area (Å²) in [5.74, 6) is 2.71. The molecular weight excluding hydrogens is 376 g/mol. The van der Waals surface area contributed by atoms with Crippen LogP contribution in [0.25, 0.3) is 0 Å². The smallest absolute Gasteiger partial charge is 0.198 e. The molecule has 0 bridgehead atoms. The predicted molar refractivity (Wildman–Crippen MR) is 106 cm³/mol. The summed E-state index contributed by atoms with van der Waals surface area (Å²) in [6, 6.07) is 10.0. The molecule has 4 rings (SSSR count). The van der Waals surface area contributed by atoms with E-state index in [-0.39, 0.29) is 6.10 Å². The quantitative estimate of drug-likeness (QED) is 0.624. The molecule has 148 valence electrons. The number of rotatable bonds is 6. The molecule has 2 aromatic heterocycles. The van der Waals surface area contributed by atoms with Gasteiger partial charge in [-0.3, -0.25) is 4.90 Å². The Labute approximate surface area is 168 Å². The zero-order chi connectivity index (χ0) is 19.5. The Bertz CT molecular complexity index is 939. The van der Waals surface area contributed by atoms with Crippen molar-refractivity contribution in [2.45, 2.75) is 42.8 Å². The highest BCUT2D eigenvalue weighted by Gasteiger charge is 2.23. The fourth-order valence-electron chi connectivity index (χ4n) is 3.24. The van der Waals surface area contributed by atoms with Crippen molar-refractivity contribution < 1.29 is 13.9 Å². The zero-order valence-electron chi connectivity index (χ0n) is 16.3. The Kier molecular flexibility index (Phi) is 5.59. The van der Waals surface area contributed by atoms with Crippen LogP contribution in [0.5, 0.6) is 11.5 Å². The first-order chi connectivity index (χ1) is 13.6. The Morgan fingerprint density at radius 1 is 1.29 bits per heavy atom. The zero-order valence-corrected chi connectivity index (χ0v) is 17.1. The van der Waals surface area contributed by atoms with E-state index in [2.05, 4.69) is 28.1 Å². The fraction of sp³-hybridized carbons (Fsp3) is 0.400. The van der Waals surface area contributed by atoms with E-state index in [9.17, 15) is 0 Å². The second-order valence-electron chi connectivity index (χ2n) is 6.84. The molecule has 1 atom stereocenters. The van der Waals surface area contributed by atoms with Gasteiger partial charge >= 0.3 is 0 Å². The highest BCUT2D eigenvalue weighted by atomic mass is 32.2. The molecule has 0 amide bonds. The molecule has 0 fully saturated rings. The third kappa shape index (κ3) is 4.18. The molecule has 0 saturated heterocycles. The fourth-order valence-corrected chi connectivity index (χ4v) is 3.98. The topological polar surface area (TPSA) is 65.6 Å². The van der Waals surface area contributed by atoms with Crippen molar-refractivity contribution in [3.05, 3.63) is 48.0 Å². The van der Waals surface area contributed by atoms with Gasteiger partial charge < -0.3 is 18.5 Å².